The molecule has 1 heterocycles. The fraction of sp³-hybridized carbons (Fsp3) is 0.214. The number of hydrogen-bond donors (Lipinski definition) is 0. The Morgan fingerprint density at radius 2 is 2.05 bits per heavy atom. The molecule has 0 N–H and O–H groups in total. The van der Waals surface area contributed by atoms with Gasteiger partial charge in [-0.15, -0.1) is 0 Å². The molecule has 1 aromatic heterocycles. The first-order valence-electron chi connectivity index (χ1n) is 5.99. The van der Waals surface area contributed by atoms with Crippen LogP contribution < -0.4 is 5.56 Å². The van der Waals surface area contributed by atoms with Gasteiger partial charge in [0.1, 0.15) is 10.8 Å². The summed E-state index contributed by atoms with van der Waals surface area (Å²) in [7, 11) is 0. The van der Waals surface area contributed by atoms with E-state index in [1.54, 1.807) is 0 Å². The topological polar surface area (TPSA) is 52.0 Å². The van der Waals surface area contributed by atoms with Gasteiger partial charge in [-0.3, -0.25) is 9.59 Å². The molecule has 0 fully saturated rings. The van der Waals surface area contributed by atoms with Crippen molar-refractivity contribution >= 4 is 28.5 Å². The zero-order valence-corrected chi connectivity index (χ0v) is 12.4. The molecular formula is C14H13ClN2O2S. The predicted octanol–water partition coefficient (Wildman–Crippen LogP) is 2.72. The van der Waals surface area contributed by atoms with E-state index in [2.05, 4.69) is 4.98 Å². The number of benzene rings is 1. The van der Waals surface area contributed by atoms with E-state index < -0.39 is 0 Å². The Labute approximate surface area is 125 Å². The van der Waals surface area contributed by atoms with Gasteiger partial charge < -0.3 is 4.57 Å². The van der Waals surface area contributed by atoms with Crippen LogP contribution in [0.2, 0.25) is 5.15 Å². The van der Waals surface area contributed by atoms with Crippen molar-refractivity contribution in [2.75, 3.05) is 0 Å². The van der Waals surface area contributed by atoms with E-state index in [4.69, 9.17) is 11.6 Å². The molecule has 0 radical (unpaired) electrons. The summed E-state index contributed by atoms with van der Waals surface area (Å²) in [6.07, 6.45) is 1.51. The fourth-order valence-corrected chi connectivity index (χ4v) is 2.47. The molecule has 0 unspecified atom stereocenters. The Kier molecular flexibility index (Phi) is 4.98. The molecule has 104 valence electrons. The molecule has 0 amide bonds. The van der Waals surface area contributed by atoms with E-state index in [0.29, 0.717) is 12.2 Å². The maximum absolute atomic E-state index is 12.3. The molecular weight excluding hydrogens is 296 g/mol. The van der Waals surface area contributed by atoms with Crippen LogP contribution >= 0.6 is 23.4 Å². The lowest BCUT2D eigenvalue weighted by molar-refractivity contribution is -0.109. The van der Waals surface area contributed by atoms with Crippen LogP contribution in [0, 0.1) is 0 Å². The highest BCUT2D eigenvalue weighted by molar-refractivity contribution is 8.12. The fourth-order valence-electron chi connectivity index (χ4n) is 1.72. The zero-order valence-electron chi connectivity index (χ0n) is 10.9. The van der Waals surface area contributed by atoms with Crippen molar-refractivity contribution in [2.24, 2.45) is 0 Å². The molecule has 0 atom stereocenters. The molecule has 20 heavy (non-hydrogen) atoms. The molecule has 0 spiro atoms. The number of carbonyl (C=O) groups is 1. The highest BCUT2D eigenvalue weighted by Crippen LogP contribution is 2.11. The number of aromatic nitrogens is 2. The summed E-state index contributed by atoms with van der Waals surface area (Å²) in [5.74, 6) is 0.240. The van der Waals surface area contributed by atoms with E-state index in [-0.39, 0.29) is 21.6 Å². The molecule has 0 aliphatic heterocycles. The quantitative estimate of drug-likeness (QED) is 0.871. The smallest absolute Gasteiger partial charge is 0.273 e. The number of rotatable bonds is 4. The van der Waals surface area contributed by atoms with Gasteiger partial charge in [-0.1, -0.05) is 53.7 Å². The Bertz CT molecular complexity index is 671. The van der Waals surface area contributed by atoms with Crippen LogP contribution in [0.4, 0.5) is 0 Å². The van der Waals surface area contributed by atoms with Crippen LogP contribution in [-0.4, -0.2) is 14.7 Å². The van der Waals surface area contributed by atoms with Crippen molar-refractivity contribution < 1.29 is 4.79 Å². The van der Waals surface area contributed by atoms with Crippen LogP contribution in [0.3, 0.4) is 0 Å². The lowest BCUT2D eigenvalue weighted by Crippen LogP contribution is -2.25. The third-order valence-electron chi connectivity index (χ3n) is 2.62. The predicted molar refractivity (Wildman–Crippen MR) is 81.0 cm³/mol. The molecule has 6 heteroatoms. The summed E-state index contributed by atoms with van der Waals surface area (Å²) in [4.78, 5) is 27.2. The maximum Gasteiger partial charge on any atom is 0.273 e. The van der Waals surface area contributed by atoms with Gasteiger partial charge in [0.05, 0.1) is 6.54 Å². The van der Waals surface area contributed by atoms with Gasteiger partial charge in [0.2, 0.25) is 0 Å². The first kappa shape index (κ1) is 14.8. The van der Waals surface area contributed by atoms with Gasteiger partial charge in [-0.05, 0) is 5.56 Å². The SMILES string of the molecule is CC(=O)SCc1nc(Cl)cn(Cc2ccccc2)c1=O. The average molecular weight is 309 g/mol. The minimum Gasteiger partial charge on any atom is -0.306 e. The summed E-state index contributed by atoms with van der Waals surface area (Å²) in [6, 6.07) is 9.61. The van der Waals surface area contributed by atoms with E-state index in [1.807, 2.05) is 30.3 Å². The molecule has 0 aliphatic carbocycles. The maximum atomic E-state index is 12.3. The molecule has 1 aromatic carbocycles. The van der Waals surface area contributed by atoms with Gasteiger partial charge in [0.15, 0.2) is 5.12 Å². The average Bonchev–Trinajstić information content (AvgIpc) is 2.42. The first-order chi connectivity index (χ1) is 9.56. The van der Waals surface area contributed by atoms with Crippen LogP contribution in [0.1, 0.15) is 18.2 Å². The Morgan fingerprint density at radius 3 is 2.70 bits per heavy atom. The molecule has 4 nitrogen and oxygen atoms in total. The van der Waals surface area contributed by atoms with Gasteiger partial charge in [-0.2, -0.15) is 0 Å². The zero-order chi connectivity index (χ0) is 14.5. The van der Waals surface area contributed by atoms with Crippen molar-refractivity contribution in [3.8, 4) is 0 Å². The summed E-state index contributed by atoms with van der Waals surface area (Å²) < 4.78 is 1.51. The van der Waals surface area contributed by atoms with Crippen molar-refractivity contribution in [1.29, 1.82) is 0 Å². The number of halogens is 1. The second kappa shape index (κ2) is 6.72. The van der Waals surface area contributed by atoms with Gasteiger partial charge >= 0.3 is 0 Å². The molecule has 0 bridgehead atoms. The number of hydrogen-bond acceptors (Lipinski definition) is 4. The summed E-state index contributed by atoms with van der Waals surface area (Å²) in [6.45, 7) is 1.89. The van der Waals surface area contributed by atoms with Crippen LogP contribution in [0.15, 0.2) is 41.3 Å². The van der Waals surface area contributed by atoms with Crippen molar-refractivity contribution in [1.82, 2.24) is 9.55 Å². The van der Waals surface area contributed by atoms with Crippen LogP contribution in [0.25, 0.3) is 0 Å². The van der Waals surface area contributed by atoms with Crippen molar-refractivity contribution in [3.05, 3.63) is 63.3 Å². The lowest BCUT2D eigenvalue weighted by Gasteiger charge is -2.08. The van der Waals surface area contributed by atoms with E-state index in [9.17, 15) is 9.59 Å². The van der Waals surface area contributed by atoms with Crippen molar-refractivity contribution in [2.45, 2.75) is 19.2 Å². The van der Waals surface area contributed by atoms with Crippen LogP contribution in [0.5, 0.6) is 0 Å². The summed E-state index contributed by atoms with van der Waals surface area (Å²) in [5.41, 5.74) is 1.09. The van der Waals surface area contributed by atoms with E-state index >= 15 is 0 Å². The highest BCUT2D eigenvalue weighted by Gasteiger charge is 2.09. The second-order valence-corrected chi connectivity index (χ2v) is 5.75. The van der Waals surface area contributed by atoms with Gasteiger partial charge in [0, 0.05) is 18.9 Å². The third kappa shape index (κ3) is 3.95. The standard InChI is InChI=1S/C14H13ClN2O2S/c1-10(18)20-9-12-14(19)17(8-13(15)16-12)7-11-5-3-2-4-6-11/h2-6,8H,7,9H2,1H3. The van der Waals surface area contributed by atoms with Gasteiger partial charge in [-0.25, -0.2) is 4.98 Å². The Hall–Kier alpha value is -1.59. The number of carbonyl (C=O) groups excluding carboxylic acids is 1. The Balaban J connectivity index is 2.29. The minimum absolute atomic E-state index is 0.0548. The second-order valence-electron chi connectivity index (χ2n) is 4.21. The highest BCUT2D eigenvalue weighted by atomic mass is 35.5. The number of nitrogens with zero attached hydrogens (tertiary/aromatic N) is 2. The molecule has 0 aliphatic rings. The van der Waals surface area contributed by atoms with E-state index in [1.165, 1.54) is 17.7 Å². The number of thioether (sulfide) groups is 1. The Morgan fingerprint density at radius 1 is 1.35 bits per heavy atom. The summed E-state index contributed by atoms with van der Waals surface area (Å²) in [5, 5.41) is 0.195. The first-order valence-corrected chi connectivity index (χ1v) is 7.36. The molecule has 2 rings (SSSR count). The largest absolute Gasteiger partial charge is 0.306 e. The normalized spacial score (nSPS) is 10.5. The lowest BCUT2D eigenvalue weighted by atomic mass is 10.2. The summed E-state index contributed by atoms with van der Waals surface area (Å²) >= 11 is 6.99. The van der Waals surface area contributed by atoms with E-state index in [0.717, 1.165) is 17.3 Å². The minimum atomic E-state index is -0.216. The van der Waals surface area contributed by atoms with Gasteiger partial charge in [0.25, 0.3) is 5.56 Å². The molecule has 0 saturated carbocycles. The van der Waals surface area contributed by atoms with Crippen molar-refractivity contribution in [3.63, 3.8) is 0 Å². The van der Waals surface area contributed by atoms with Crippen LogP contribution in [-0.2, 0) is 17.1 Å². The molecule has 0 saturated heterocycles. The third-order valence-corrected chi connectivity index (χ3v) is 3.63. The molecule has 2 aromatic rings. The monoisotopic (exact) mass is 308 g/mol.